The van der Waals surface area contributed by atoms with Gasteiger partial charge in [0.1, 0.15) is 0 Å². The average Bonchev–Trinajstić information content (AvgIpc) is 3.21. The summed E-state index contributed by atoms with van der Waals surface area (Å²) in [5.41, 5.74) is 13.5. The van der Waals surface area contributed by atoms with Crippen LogP contribution in [0.15, 0.2) is 121 Å². The summed E-state index contributed by atoms with van der Waals surface area (Å²) < 4.78 is 89.5. The molecule has 0 atom stereocenters. The molecule has 0 bridgehead atoms. The number of benzene rings is 8. The Morgan fingerprint density at radius 3 is 1.10 bits per heavy atom. The second kappa shape index (κ2) is 13.1. The number of anilines is 6. The highest BCUT2D eigenvalue weighted by Gasteiger charge is 2.49. The summed E-state index contributed by atoms with van der Waals surface area (Å²) in [5.74, 6) is 0. The van der Waals surface area contributed by atoms with Crippen molar-refractivity contribution in [3.8, 4) is 0 Å². The summed E-state index contributed by atoms with van der Waals surface area (Å²) in [6, 6.07) is 36.7. The fraction of sp³-hybridized carbons (Fsp3) is 0.154. The van der Waals surface area contributed by atoms with Gasteiger partial charge in [-0.15, -0.1) is 0 Å². The number of hydrogen-bond acceptors (Lipinski definition) is 2. The molecule has 8 aromatic carbocycles. The van der Waals surface area contributed by atoms with E-state index in [1.807, 2.05) is 90.1 Å². The van der Waals surface area contributed by atoms with E-state index in [-0.39, 0.29) is 0 Å². The maximum atomic E-state index is 14.9. The summed E-state index contributed by atoms with van der Waals surface area (Å²) in [4.78, 5) is 4.29. The Balaban J connectivity index is 1.36. The zero-order valence-electron chi connectivity index (χ0n) is 34.9. The Hall–Kier alpha value is -6.41. The third kappa shape index (κ3) is 5.41. The van der Waals surface area contributed by atoms with Gasteiger partial charge in [-0.2, -0.15) is 26.3 Å². The lowest BCUT2D eigenvalue weighted by atomic mass is 9.32. The maximum absolute atomic E-state index is 14.9. The average molecular weight is 827 g/mol. The molecule has 0 aliphatic carbocycles. The van der Waals surface area contributed by atoms with E-state index in [1.165, 1.54) is 24.3 Å². The molecule has 3 aliphatic rings. The van der Waals surface area contributed by atoms with Crippen molar-refractivity contribution in [1.29, 1.82) is 0 Å². The third-order valence-electron chi connectivity index (χ3n) is 13.5. The predicted octanol–water partition coefficient (Wildman–Crippen LogP) is 10.8. The molecule has 2 nitrogen and oxygen atoms in total. The van der Waals surface area contributed by atoms with E-state index in [1.54, 1.807) is 12.1 Å². The van der Waals surface area contributed by atoms with Crippen LogP contribution in [0.1, 0.15) is 44.5 Å². The van der Waals surface area contributed by atoms with Crippen LogP contribution in [0.2, 0.25) is 0 Å². The summed E-state index contributed by atoms with van der Waals surface area (Å²) in [6.07, 6.45) is -9.20. The van der Waals surface area contributed by atoms with Crippen LogP contribution in [-0.2, 0) is 12.4 Å². The number of alkyl halides is 6. The fourth-order valence-corrected chi connectivity index (χ4v) is 11.4. The Labute approximate surface area is 356 Å². The first kappa shape index (κ1) is 38.5. The summed E-state index contributed by atoms with van der Waals surface area (Å²) >= 11 is 0. The van der Waals surface area contributed by atoms with Gasteiger partial charge >= 0.3 is 12.4 Å². The molecule has 3 heterocycles. The first-order chi connectivity index (χ1) is 29.5. The van der Waals surface area contributed by atoms with Crippen LogP contribution in [0.25, 0.3) is 21.5 Å². The molecule has 0 spiro atoms. The molecule has 0 saturated carbocycles. The topological polar surface area (TPSA) is 6.48 Å². The van der Waals surface area contributed by atoms with E-state index >= 15 is 0 Å². The van der Waals surface area contributed by atoms with E-state index in [2.05, 4.69) is 46.2 Å². The largest absolute Gasteiger partial charge is 0.416 e. The number of nitrogens with zero attached hydrogens (tertiary/aromatic N) is 2. The molecule has 0 amide bonds. The lowest BCUT2D eigenvalue weighted by Crippen LogP contribution is -2.62. The molecule has 0 aromatic heterocycles. The zero-order chi connectivity index (χ0) is 43.3. The SMILES string of the molecule is Cc1cc(C)c(B2c3cc(C(F)(F)F)ccc3N3c4cc5ccccc5c5c4N(c4ccc(C(F)(F)F)cc4B5c4c(C)cc(C)cc4C)c4cc5ccccc5c2c43)c(C)c1. The summed E-state index contributed by atoms with van der Waals surface area (Å²) in [5, 5.41) is 3.52. The molecule has 0 fully saturated rings. The Morgan fingerprint density at radius 1 is 0.387 bits per heavy atom. The lowest BCUT2D eigenvalue weighted by Gasteiger charge is -2.50. The highest BCUT2D eigenvalue weighted by atomic mass is 19.4. The minimum Gasteiger partial charge on any atom is -0.307 e. The molecule has 10 heteroatoms. The number of rotatable bonds is 2. The van der Waals surface area contributed by atoms with Crippen molar-refractivity contribution in [2.45, 2.75) is 53.9 Å². The second-order valence-electron chi connectivity index (χ2n) is 17.5. The second-order valence-corrected chi connectivity index (χ2v) is 17.5. The Bertz CT molecular complexity index is 3010. The van der Waals surface area contributed by atoms with Gasteiger partial charge in [-0.1, -0.05) is 129 Å². The number of fused-ring (bicyclic) bond motifs is 10. The lowest BCUT2D eigenvalue weighted by molar-refractivity contribution is -0.138. The quantitative estimate of drug-likeness (QED) is 0.127. The zero-order valence-corrected chi connectivity index (χ0v) is 34.9. The molecule has 11 rings (SSSR count). The molecule has 0 saturated heterocycles. The highest BCUT2D eigenvalue weighted by Crippen LogP contribution is 2.57. The Kier molecular flexibility index (Phi) is 8.11. The molecule has 62 heavy (non-hydrogen) atoms. The van der Waals surface area contributed by atoms with Crippen molar-refractivity contribution >= 4 is 102 Å². The minimum atomic E-state index is -4.60. The van der Waals surface area contributed by atoms with Crippen molar-refractivity contribution < 1.29 is 26.3 Å². The minimum absolute atomic E-state index is 0.535. The molecule has 0 N–H and O–H groups in total. The van der Waals surface area contributed by atoms with Gasteiger partial charge in [-0.3, -0.25) is 0 Å². The first-order valence-electron chi connectivity index (χ1n) is 20.8. The van der Waals surface area contributed by atoms with Crippen LogP contribution in [0.3, 0.4) is 0 Å². The first-order valence-corrected chi connectivity index (χ1v) is 20.8. The number of hydrogen-bond donors (Lipinski definition) is 0. The van der Waals surface area contributed by atoms with Gasteiger partial charge in [0.05, 0.1) is 33.9 Å². The highest BCUT2D eigenvalue weighted by molar-refractivity contribution is 7.01. The van der Waals surface area contributed by atoms with Gasteiger partial charge in [0.15, 0.2) is 0 Å². The van der Waals surface area contributed by atoms with E-state index in [0.29, 0.717) is 22.3 Å². The molecule has 0 unspecified atom stereocenters. The van der Waals surface area contributed by atoms with E-state index in [9.17, 15) is 26.3 Å². The standard InChI is InChI=1S/C52H38B2F6N2/c1-27-19-29(3)45(30(4)20-27)53-39-25-35(51(55,56)57)15-17-41(39)61-44-24-34-12-8-10-14-38(34)48-50(44)62(43-23-33-11-7-9-13-37(33)47(53)49(43)61)42-18-16-36(52(58,59)60)26-40(42)54(48)46-31(5)21-28(2)22-32(46)6/h7-26H,1-6H3. The van der Waals surface area contributed by atoms with E-state index < -0.39 is 36.9 Å². The van der Waals surface area contributed by atoms with Crippen molar-refractivity contribution in [2.24, 2.45) is 0 Å². The monoisotopic (exact) mass is 826 g/mol. The maximum Gasteiger partial charge on any atom is 0.416 e. The van der Waals surface area contributed by atoms with E-state index in [4.69, 9.17) is 0 Å². The number of aryl methyl sites for hydroxylation is 6. The van der Waals surface area contributed by atoms with Crippen molar-refractivity contribution in [2.75, 3.05) is 9.80 Å². The predicted molar refractivity (Wildman–Crippen MR) is 245 cm³/mol. The number of halogens is 6. The summed E-state index contributed by atoms with van der Waals surface area (Å²) in [6.45, 7) is 10.9. The van der Waals surface area contributed by atoms with Crippen LogP contribution in [0.4, 0.5) is 60.5 Å². The van der Waals surface area contributed by atoms with Gasteiger partial charge in [-0.05, 0) is 121 Å². The van der Waals surface area contributed by atoms with Gasteiger partial charge in [-0.25, -0.2) is 0 Å². The van der Waals surface area contributed by atoms with Crippen LogP contribution in [0.5, 0.6) is 0 Å². The van der Waals surface area contributed by atoms with Crippen LogP contribution in [-0.4, -0.2) is 13.4 Å². The van der Waals surface area contributed by atoms with E-state index in [0.717, 1.165) is 99.5 Å². The summed E-state index contributed by atoms with van der Waals surface area (Å²) in [7, 11) is 0. The molecular weight excluding hydrogens is 788 g/mol. The van der Waals surface area contributed by atoms with Crippen LogP contribution in [0, 0.1) is 41.5 Å². The normalized spacial score (nSPS) is 14.0. The van der Waals surface area contributed by atoms with Crippen LogP contribution < -0.4 is 42.6 Å². The molecule has 304 valence electrons. The van der Waals surface area contributed by atoms with Gasteiger partial charge in [0.25, 0.3) is 0 Å². The fourth-order valence-electron chi connectivity index (χ4n) is 11.4. The van der Waals surface area contributed by atoms with Crippen molar-refractivity contribution in [3.63, 3.8) is 0 Å². The van der Waals surface area contributed by atoms with Gasteiger partial charge in [0, 0.05) is 11.4 Å². The molecule has 3 aliphatic heterocycles. The van der Waals surface area contributed by atoms with Gasteiger partial charge in [0.2, 0.25) is 13.4 Å². The molecule has 8 aromatic rings. The van der Waals surface area contributed by atoms with Crippen molar-refractivity contribution in [3.05, 3.63) is 166 Å². The Morgan fingerprint density at radius 2 is 0.742 bits per heavy atom. The van der Waals surface area contributed by atoms with Gasteiger partial charge < -0.3 is 9.80 Å². The third-order valence-corrected chi connectivity index (χ3v) is 13.5. The van der Waals surface area contributed by atoms with Crippen LogP contribution >= 0.6 is 0 Å². The smallest absolute Gasteiger partial charge is 0.307 e. The molecular formula is C52H38B2F6N2. The van der Waals surface area contributed by atoms with Crippen molar-refractivity contribution in [1.82, 2.24) is 0 Å². The molecule has 0 radical (unpaired) electrons.